The number of amides is 1. The third-order valence-electron chi connectivity index (χ3n) is 6.89. The summed E-state index contributed by atoms with van der Waals surface area (Å²) in [5, 5.41) is 11.6. The number of benzene rings is 1. The number of nitrogens with zero attached hydrogens (tertiary/aromatic N) is 6. The van der Waals surface area contributed by atoms with Gasteiger partial charge in [-0.2, -0.15) is 13.2 Å². The molecule has 0 spiro atoms. The van der Waals surface area contributed by atoms with Crippen LogP contribution in [0.5, 0.6) is 0 Å². The number of hydrogen-bond acceptors (Lipinski definition) is 9. The Morgan fingerprint density at radius 2 is 1.79 bits per heavy atom. The van der Waals surface area contributed by atoms with E-state index in [9.17, 15) is 27.2 Å². The molecule has 1 amide bonds. The van der Waals surface area contributed by atoms with Crippen molar-refractivity contribution in [2.75, 3.05) is 56.0 Å². The van der Waals surface area contributed by atoms with E-state index in [-0.39, 0.29) is 28.5 Å². The predicted molar refractivity (Wildman–Crippen MR) is 150 cm³/mol. The maximum atomic E-state index is 14.2. The van der Waals surface area contributed by atoms with Gasteiger partial charge in [0, 0.05) is 49.7 Å². The van der Waals surface area contributed by atoms with Gasteiger partial charge in [-0.25, -0.2) is 19.3 Å². The number of carbonyl (C=O) groups excluding carboxylic acids is 1. The largest absolute Gasteiger partial charge is 0.481 e. The first-order valence-corrected chi connectivity index (χ1v) is 14.2. The molecular formula is C27H31F4N7O3S. The number of hydrogen-bond donors (Lipinski definition) is 2. The van der Waals surface area contributed by atoms with Crippen molar-refractivity contribution in [1.82, 2.24) is 24.8 Å². The molecular weight excluding hydrogens is 578 g/mol. The molecule has 226 valence electrons. The molecule has 2 N–H and O–H groups in total. The Kier molecular flexibility index (Phi) is 10.1. The topological polar surface area (TPSA) is 115 Å². The number of piperazine rings is 1. The molecule has 1 fully saturated rings. The van der Waals surface area contributed by atoms with Crippen molar-refractivity contribution in [1.29, 1.82) is 0 Å². The molecule has 3 heterocycles. The summed E-state index contributed by atoms with van der Waals surface area (Å²) >= 11 is 1.10. The molecule has 3 aromatic rings. The van der Waals surface area contributed by atoms with Crippen molar-refractivity contribution in [3.63, 3.8) is 0 Å². The van der Waals surface area contributed by atoms with Crippen LogP contribution >= 0.6 is 11.3 Å². The quantitative estimate of drug-likeness (QED) is 0.305. The van der Waals surface area contributed by atoms with E-state index in [1.165, 1.54) is 12.4 Å². The number of thiazole rings is 1. The summed E-state index contributed by atoms with van der Waals surface area (Å²) in [6.07, 6.45) is -1.85. The molecule has 0 atom stereocenters. The zero-order valence-corrected chi connectivity index (χ0v) is 23.9. The number of halogens is 4. The molecule has 1 aliphatic rings. The van der Waals surface area contributed by atoms with Crippen LogP contribution in [-0.4, -0.2) is 87.5 Å². The van der Waals surface area contributed by atoms with Crippen LogP contribution in [0.4, 0.5) is 28.5 Å². The van der Waals surface area contributed by atoms with E-state index < -0.39 is 29.4 Å². The van der Waals surface area contributed by atoms with Gasteiger partial charge in [0.25, 0.3) is 5.91 Å². The molecule has 0 radical (unpaired) electrons. The lowest BCUT2D eigenvalue weighted by Gasteiger charge is -2.34. The smallest absolute Gasteiger partial charge is 0.416 e. The molecule has 2 aromatic heterocycles. The average molecular weight is 610 g/mol. The number of carboxylic acid groups (broad SMARTS) is 1. The van der Waals surface area contributed by atoms with Gasteiger partial charge in [-0.3, -0.25) is 24.7 Å². The summed E-state index contributed by atoms with van der Waals surface area (Å²) in [4.78, 5) is 43.4. The first kappa shape index (κ1) is 31.3. The van der Waals surface area contributed by atoms with E-state index in [0.29, 0.717) is 69.1 Å². The van der Waals surface area contributed by atoms with Crippen LogP contribution in [0.2, 0.25) is 0 Å². The first-order valence-electron chi connectivity index (χ1n) is 13.4. The highest BCUT2D eigenvalue weighted by molar-refractivity contribution is 7.16. The molecule has 0 unspecified atom stereocenters. The Balaban J connectivity index is 1.50. The highest BCUT2D eigenvalue weighted by Gasteiger charge is 2.32. The number of alkyl halides is 3. The third-order valence-corrected chi connectivity index (χ3v) is 7.84. The molecule has 1 saturated heterocycles. The van der Waals surface area contributed by atoms with Gasteiger partial charge in [-0.15, -0.1) is 0 Å². The Labute approximate surface area is 244 Å². The fourth-order valence-electron chi connectivity index (χ4n) is 4.50. The van der Waals surface area contributed by atoms with Crippen molar-refractivity contribution in [2.45, 2.75) is 33.0 Å². The number of nitrogens with one attached hydrogen (secondary N) is 1. The fraction of sp³-hybridized carbons (Fsp3) is 0.444. The Bertz CT molecular complexity index is 1390. The highest BCUT2D eigenvalue weighted by Crippen LogP contribution is 2.37. The fourth-order valence-corrected chi connectivity index (χ4v) is 5.52. The number of aliphatic carboxylic acids is 1. The molecule has 4 rings (SSSR count). The van der Waals surface area contributed by atoms with Crippen LogP contribution in [0.25, 0.3) is 11.3 Å². The van der Waals surface area contributed by atoms with Gasteiger partial charge in [0.15, 0.2) is 5.13 Å². The number of anilines is 2. The van der Waals surface area contributed by atoms with Crippen molar-refractivity contribution in [3.05, 3.63) is 52.5 Å². The van der Waals surface area contributed by atoms with Crippen LogP contribution in [-0.2, 0) is 17.5 Å². The van der Waals surface area contributed by atoms with Crippen molar-refractivity contribution < 1.29 is 32.3 Å². The zero-order valence-electron chi connectivity index (χ0n) is 23.1. The van der Waals surface area contributed by atoms with Crippen LogP contribution in [0, 0.1) is 5.82 Å². The lowest BCUT2D eigenvalue weighted by Crippen LogP contribution is -2.47. The number of aromatic nitrogens is 3. The van der Waals surface area contributed by atoms with Crippen molar-refractivity contribution in [2.24, 2.45) is 0 Å². The second-order valence-corrected chi connectivity index (χ2v) is 10.7. The number of carboxylic acids is 1. The molecule has 0 bridgehead atoms. The molecule has 0 saturated carbocycles. The van der Waals surface area contributed by atoms with Gasteiger partial charge >= 0.3 is 12.1 Å². The normalized spacial score (nSPS) is 14.4. The van der Waals surface area contributed by atoms with Crippen molar-refractivity contribution in [3.8, 4) is 11.3 Å². The Morgan fingerprint density at radius 3 is 2.38 bits per heavy atom. The van der Waals surface area contributed by atoms with Crippen LogP contribution in [0.3, 0.4) is 0 Å². The van der Waals surface area contributed by atoms with E-state index in [1.807, 2.05) is 23.6 Å². The summed E-state index contributed by atoms with van der Waals surface area (Å²) in [6, 6.07) is 2.29. The van der Waals surface area contributed by atoms with E-state index in [4.69, 9.17) is 5.11 Å². The minimum atomic E-state index is -4.73. The summed E-state index contributed by atoms with van der Waals surface area (Å²) in [7, 11) is 0. The van der Waals surface area contributed by atoms with Gasteiger partial charge < -0.3 is 10.0 Å². The van der Waals surface area contributed by atoms with Gasteiger partial charge in [0.1, 0.15) is 17.3 Å². The lowest BCUT2D eigenvalue weighted by molar-refractivity contribution is -0.138. The minimum absolute atomic E-state index is 0.0194. The van der Waals surface area contributed by atoms with Gasteiger partial charge in [-0.1, -0.05) is 25.2 Å². The second-order valence-electron chi connectivity index (χ2n) is 9.66. The molecule has 10 nitrogen and oxygen atoms in total. The first-order chi connectivity index (χ1) is 20.0. The van der Waals surface area contributed by atoms with E-state index in [2.05, 4.69) is 25.2 Å². The van der Waals surface area contributed by atoms with E-state index >= 15 is 0 Å². The average Bonchev–Trinajstić information content (AvgIpc) is 3.36. The monoisotopic (exact) mass is 609 g/mol. The van der Waals surface area contributed by atoms with Gasteiger partial charge in [-0.05, 0) is 31.3 Å². The highest BCUT2D eigenvalue weighted by atomic mass is 32.1. The lowest BCUT2D eigenvalue weighted by atomic mass is 10.1. The maximum absolute atomic E-state index is 14.2. The predicted octanol–water partition coefficient (Wildman–Crippen LogP) is 4.45. The van der Waals surface area contributed by atoms with E-state index in [1.54, 1.807) is 0 Å². The number of carbonyl (C=O) groups is 2. The SMILES string of the molecule is CCN(CC)Cc1sc(NC(=O)c2cnc(N3CCN(CCC(=O)O)CC3)cn2)nc1-c1cc(F)cc(C(F)(F)F)c1. The van der Waals surface area contributed by atoms with Crippen LogP contribution in [0.15, 0.2) is 30.6 Å². The maximum Gasteiger partial charge on any atom is 0.416 e. The Morgan fingerprint density at radius 1 is 1.07 bits per heavy atom. The minimum Gasteiger partial charge on any atom is -0.481 e. The molecule has 0 aliphatic carbocycles. The van der Waals surface area contributed by atoms with Crippen LogP contribution < -0.4 is 10.2 Å². The summed E-state index contributed by atoms with van der Waals surface area (Å²) in [5.74, 6) is -1.90. The van der Waals surface area contributed by atoms with Gasteiger partial charge in [0.2, 0.25) is 0 Å². The van der Waals surface area contributed by atoms with Gasteiger partial charge in [0.05, 0.1) is 30.1 Å². The molecule has 1 aliphatic heterocycles. The third kappa shape index (κ3) is 7.98. The zero-order chi connectivity index (χ0) is 30.4. The van der Waals surface area contributed by atoms with E-state index in [0.717, 1.165) is 23.5 Å². The molecule has 15 heteroatoms. The second kappa shape index (κ2) is 13.5. The summed E-state index contributed by atoms with van der Waals surface area (Å²) in [6.45, 7) is 8.68. The standard InChI is InChI=1S/C27H31F4N7O3S/c1-3-36(4-2)16-21-24(17-11-18(27(29,30)31)13-19(28)12-17)34-26(42-21)35-25(41)20-14-33-22(15-32-20)38-9-7-37(8-10-38)6-5-23(39)40/h11-15H,3-10,16H2,1-2H3,(H,39,40)(H,34,35,41). The van der Waals surface area contributed by atoms with Crippen molar-refractivity contribution >= 4 is 34.2 Å². The Hall–Kier alpha value is -3.69. The molecule has 1 aromatic carbocycles. The summed E-state index contributed by atoms with van der Waals surface area (Å²) in [5.41, 5.74) is -0.975. The number of rotatable bonds is 11. The summed E-state index contributed by atoms with van der Waals surface area (Å²) < 4.78 is 54.4. The molecule has 42 heavy (non-hydrogen) atoms. The van der Waals surface area contributed by atoms with Crippen LogP contribution in [0.1, 0.15) is 41.2 Å².